The maximum absolute atomic E-state index is 12.5. The van der Waals surface area contributed by atoms with Crippen molar-refractivity contribution in [3.8, 4) is 5.75 Å². The molecule has 1 amide bonds. The van der Waals surface area contributed by atoms with Gasteiger partial charge in [0, 0.05) is 26.1 Å². The van der Waals surface area contributed by atoms with Gasteiger partial charge in [-0.1, -0.05) is 30.3 Å². The summed E-state index contributed by atoms with van der Waals surface area (Å²) >= 11 is 0. The average Bonchev–Trinajstić information content (AvgIpc) is 3.27. The van der Waals surface area contributed by atoms with Gasteiger partial charge in [0.1, 0.15) is 5.75 Å². The van der Waals surface area contributed by atoms with Crippen molar-refractivity contribution in [2.24, 2.45) is 0 Å². The SMILES string of the molecule is O=C(CCCOc1ccccc1)NCc1ccc(S(=O)(=O)N2CCCC2)cc1. The Bertz CT molecular complexity index is 861. The molecule has 3 rings (SSSR count). The summed E-state index contributed by atoms with van der Waals surface area (Å²) in [7, 11) is -3.39. The van der Waals surface area contributed by atoms with Gasteiger partial charge in [0.15, 0.2) is 0 Å². The highest BCUT2D eigenvalue weighted by Crippen LogP contribution is 2.21. The van der Waals surface area contributed by atoms with Crippen LogP contribution < -0.4 is 10.1 Å². The molecule has 0 spiro atoms. The Morgan fingerprint density at radius 2 is 1.68 bits per heavy atom. The van der Waals surface area contributed by atoms with Crippen LogP contribution in [0.15, 0.2) is 59.5 Å². The van der Waals surface area contributed by atoms with E-state index in [1.165, 1.54) is 4.31 Å². The lowest BCUT2D eigenvalue weighted by Gasteiger charge is -2.15. The van der Waals surface area contributed by atoms with Crippen LogP contribution in [0.2, 0.25) is 0 Å². The predicted octanol–water partition coefficient (Wildman–Crippen LogP) is 2.95. The zero-order valence-electron chi connectivity index (χ0n) is 15.8. The van der Waals surface area contributed by atoms with Gasteiger partial charge in [0.05, 0.1) is 11.5 Å². The second-order valence-electron chi connectivity index (χ2n) is 6.80. The number of sulfonamides is 1. The zero-order chi connectivity index (χ0) is 19.8. The molecule has 1 saturated heterocycles. The van der Waals surface area contributed by atoms with Crippen LogP contribution in [0.4, 0.5) is 0 Å². The Balaban J connectivity index is 1.40. The van der Waals surface area contributed by atoms with E-state index >= 15 is 0 Å². The molecule has 0 atom stereocenters. The number of carbonyl (C=O) groups is 1. The van der Waals surface area contributed by atoms with Crippen molar-refractivity contribution in [2.45, 2.75) is 37.1 Å². The maximum atomic E-state index is 12.5. The molecule has 7 heteroatoms. The summed E-state index contributed by atoms with van der Waals surface area (Å²) in [5, 5.41) is 2.86. The molecule has 0 aliphatic carbocycles. The molecule has 1 aliphatic heterocycles. The fourth-order valence-corrected chi connectivity index (χ4v) is 4.60. The number of nitrogens with one attached hydrogen (secondary N) is 1. The van der Waals surface area contributed by atoms with Crippen molar-refractivity contribution in [3.63, 3.8) is 0 Å². The number of ether oxygens (including phenoxy) is 1. The second-order valence-corrected chi connectivity index (χ2v) is 8.73. The lowest BCUT2D eigenvalue weighted by Crippen LogP contribution is -2.28. The second kappa shape index (κ2) is 9.71. The first-order valence-corrected chi connectivity index (χ1v) is 11.0. The van der Waals surface area contributed by atoms with E-state index in [1.807, 2.05) is 30.3 Å². The predicted molar refractivity (Wildman–Crippen MR) is 107 cm³/mol. The number of rotatable bonds is 9. The van der Waals surface area contributed by atoms with Crippen LogP contribution in [0.25, 0.3) is 0 Å². The average molecular weight is 403 g/mol. The van der Waals surface area contributed by atoms with Gasteiger partial charge in [0.2, 0.25) is 15.9 Å². The molecule has 0 radical (unpaired) electrons. The van der Waals surface area contributed by atoms with E-state index < -0.39 is 10.0 Å². The number of carbonyl (C=O) groups excluding carboxylic acids is 1. The van der Waals surface area contributed by atoms with Crippen LogP contribution in [0, 0.1) is 0 Å². The molecule has 1 N–H and O–H groups in total. The van der Waals surface area contributed by atoms with Gasteiger partial charge in [-0.05, 0) is 49.1 Å². The summed E-state index contributed by atoms with van der Waals surface area (Å²) in [6.07, 6.45) is 2.85. The third kappa shape index (κ3) is 5.56. The van der Waals surface area contributed by atoms with Crippen LogP contribution in [0.3, 0.4) is 0 Å². The van der Waals surface area contributed by atoms with Crippen LogP contribution in [-0.4, -0.2) is 38.3 Å². The van der Waals surface area contributed by atoms with Gasteiger partial charge in [-0.3, -0.25) is 4.79 Å². The van der Waals surface area contributed by atoms with Crippen LogP contribution in [0.5, 0.6) is 5.75 Å². The Labute approximate surface area is 166 Å². The lowest BCUT2D eigenvalue weighted by molar-refractivity contribution is -0.121. The zero-order valence-corrected chi connectivity index (χ0v) is 16.7. The molecule has 1 heterocycles. The summed E-state index contributed by atoms with van der Waals surface area (Å²) < 4.78 is 32.1. The largest absolute Gasteiger partial charge is 0.494 e. The molecule has 0 aromatic heterocycles. The third-order valence-electron chi connectivity index (χ3n) is 4.68. The van der Waals surface area contributed by atoms with Gasteiger partial charge in [-0.2, -0.15) is 4.31 Å². The van der Waals surface area contributed by atoms with Crippen molar-refractivity contribution < 1.29 is 17.9 Å². The van der Waals surface area contributed by atoms with Crippen molar-refractivity contribution >= 4 is 15.9 Å². The van der Waals surface area contributed by atoms with Crippen molar-refractivity contribution in [1.29, 1.82) is 0 Å². The van der Waals surface area contributed by atoms with E-state index in [9.17, 15) is 13.2 Å². The van der Waals surface area contributed by atoms with E-state index in [0.29, 0.717) is 44.0 Å². The summed E-state index contributed by atoms with van der Waals surface area (Å²) in [6, 6.07) is 16.2. The van der Waals surface area contributed by atoms with Gasteiger partial charge >= 0.3 is 0 Å². The summed E-state index contributed by atoms with van der Waals surface area (Å²) in [6.45, 7) is 2.05. The Morgan fingerprint density at radius 1 is 1.00 bits per heavy atom. The molecule has 150 valence electrons. The molecule has 28 heavy (non-hydrogen) atoms. The Hall–Kier alpha value is -2.38. The molecular weight excluding hydrogens is 376 g/mol. The van der Waals surface area contributed by atoms with Crippen molar-refractivity contribution in [2.75, 3.05) is 19.7 Å². The smallest absolute Gasteiger partial charge is 0.243 e. The molecule has 6 nitrogen and oxygen atoms in total. The van der Waals surface area contributed by atoms with E-state index in [0.717, 1.165) is 24.2 Å². The molecule has 0 unspecified atom stereocenters. The minimum atomic E-state index is -3.39. The first kappa shape index (κ1) is 20.4. The standard InChI is InChI=1S/C21H26N2O4S/c24-21(9-6-16-27-19-7-2-1-3-8-19)22-17-18-10-12-20(13-11-18)28(25,26)23-14-4-5-15-23/h1-3,7-8,10-13H,4-6,9,14-17H2,(H,22,24). The topological polar surface area (TPSA) is 75.7 Å². The minimum absolute atomic E-state index is 0.0505. The summed E-state index contributed by atoms with van der Waals surface area (Å²) in [4.78, 5) is 12.3. The van der Waals surface area contributed by atoms with Gasteiger partial charge in [-0.15, -0.1) is 0 Å². The number of para-hydroxylation sites is 1. The van der Waals surface area contributed by atoms with Crippen molar-refractivity contribution in [1.82, 2.24) is 9.62 Å². The molecule has 0 bridgehead atoms. The number of hydrogen-bond acceptors (Lipinski definition) is 4. The summed E-state index contributed by atoms with van der Waals surface area (Å²) in [5.74, 6) is 0.748. The van der Waals surface area contributed by atoms with E-state index in [1.54, 1.807) is 24.3 Å². The van der Waals surface area contributed by atoms with Gasteiger partial charge in [-0.25, -0.2) is 8.42 Å². The van der Waals surface area contributed by atoms with E-state index in [-0.39, 0.29) is 5.91 Å². The normalized spacial score (nSPS) is 14.7. The van der Waals surface area contributed by atoms with E-state index in [2.05, 4.69) is 5.32 Å². The number of benzene rings is 2. The third-order valence-corrected chi connectivity index (χ3v) is 6.59. The maximum Gasteiger partial charge on any atom is 0.243 e. The van der Waals surface area contributed by atoms with Crippen LogP contribution in [0.1, 0.15) is 31.2 Å². The molecule has 2 aromatic rings. The highest BCUT2D eigenvalue weighted by molar-refractivity contribution is 7.89. The van der Waals surface area contributed by atoms with Crippen molar-refractivity contribution in [3.05, 3.63) is 60.2 Å². The molecule has 2 aromatic carbocycles. The van der Waals surface area contributed by atoms with Crippen LogP contribution in [-0.2, 0) is 21.4 Å². The lowest BCUT2D eigenvalue weighted by atomic mass is 10.2. The first-order chi connectivity index (χ1) is 13.6. The highest BCUT2D eigenvalue weighted by atomic mass is 32.2. The molecule has 1 fully saturated rings. The Morgan fingerprint density at radius 3 is 2.36 bits per heavy atom. The Kier molecular flexibility index (Phi) is 7.06. The fourth-order valence-electron chi connectivity index (χ4n) is 3.09. The van der Waals surface area contributed by atoms with Gasteiger partial charge in [0.25, 0.3) is 0 Å². The molecular formula is C21H26N2O4S. The fraction of sp³-hybridized carbons (Fsp3) is 0.381. The number of amides is 1. The minimum Gasteiger partial charge on any atom is -0.494 e. The molecule has 0 saturated carbocycles. The molecule has 1 aliphatic rings. The monoisotopic (exact) mass is 402 g/mol. The quantitative estimate of drug-likeness (QED) is 0.655. The van der Waals surface area contributed by atoms with Gasteiger partial charge < -0.3 is 10.1 Å². The number of hydrogen-bond donors (Lipinski definition) is 1. The van der Waals surface area contributed by atoms with Crippen LogP contribution >= 0.6 is 0 Å². The first-order valence-electron chi connectivity index (χ1n) is 9.59. The highest BCUT2D eigenvalue weighted by Gasteiger charge is 2.26. The number of nitrogens with zero attached hydrogens (tertiary/aromatic N) is 1. The summed E-state index contributed by atoms with van der Waals surface area (Å²) in [5.41, 5.74) is 0.870. The van der Waals surface area contributed by atoms with E-state index in [4.69, 9.17) is 4.74 Å².